The Labute approximate surface area is 525 Å². The lowest BCUT2D eigenvalue weighted by molar-refractivity contribution is -0.326. The average molecular weight is 1260 g/mol. The van der Waals surface area contributed by atoms with Crippen molar-refractivity contribution in [3.05, 3.63) is 191 Å². The Morgan fingerprint density at radius 1 is 0.563 bits per heavy atom. The normalized spacial score (nSPS) is 26.7. The third-order valence-corrected chi connectivity index (χ3v) is 23.8. The molecule has 6 aromatic carbocycles. The molecule has 0 bridgehead atoms. The summed E-state index contributed by atoms with van der Waals surface area (Å²) in [4.78, 5) is 26.9. The van der Waals surface area contributed by atoms with E-state index in [4.69, 9.17) is 87.3 Å². The number of nitrogens with one attached hydrogen (secondary N) is 3. The van der Waals surface area contributed by atoms with Crippen molar-refractivity contribution in [3.63, 3.8) is 0 Å². The van der Waals surface area contributed by atoms with E-state index in [0.29, 0.717) is 12.5 Å². The number of halogens is 3. The first-order valence-electron chi connectivity index (χ1n) is 29.9. The fourth-order valence-corrected chi connectivity index (χ4v) is 15.3. The highest BCUT2D eigenvalue weighted by atomic mass is 35.6. The summed E-state index contributed by atoms with van der Waals surface area (Å²) < 4.78 is 59.9. The molecule has 12 rings (SSSR count). The van der Waals surface area contributed by atoms with E-state index in [1.54, 1.807) is 0 Å². The molecule has 0 saturated carbocycles. The topological polar surface area (TPSA) is 174 Å². The van der Waals surface area contributed by atoms with Crippen LogP contribution in [0.4, 0.5) is 9.59 Å². The van der Waals surface area contributed by atoms with E-state index in [2.05, 4.69) is 119 Å². The smallest absolute Gasteiger partial charge is 0.407 e. The molecule has 2 aliphatic carbocycles. The Bertz CT molecular complexity index is 3300. The largest absolute Gasteiger partial charge is 0.449 e. The third kappa shape index (κ3) is 13.3. The number of ether oxygens (including phenoxy) is 9. The van der Waals surface area contributed by atoms with Crippen molar-refractivity contribution in [3.8, 4) is 22.3 Å². The van der Waals surface area contributed by atoms with E-state index in [0.717, 1.165) is 33.4 Å². The number of amides is 2. The number of rotatable bonds is 13. The van der Waals surface area contributed by atoms with Gasteiger partial charge < -0.3 is 57.7 Å². The number of benzene rings is 6. The van der Waals surface area contributed by atoms with Gasteiger partial charge in [0.1, 0.15) is 25.4 Å². The van der Waals surface area contributed by atoms with E-state index < -0.39 is 79.6 Å². The van der Waals surface area contributed by atoms with E-state index in [9.17, 15) is 9.59 Å². The van der Waals surface area contributed by atoms with Gasteiger partial charge in [-0.05, 0) is 68.6 Å². The van der Waals surface area contributed by atoms with E-state index >= 15 is 0 Å². The molecule has 4 aliphatic heterocycles. The Hall–Kier alpha value is -5.86. The molecule has 0 aromatic heterocycles. The fraction of sp³-hybridized carbons (Fsp3) is 0.426. The molecule has 87 heavy (non-hydrogen) atoms. The van der Waals surface area contributed by atoms with Gasteiger partial charge >= 0.3 is 12.2 Å². The van der Waals surface area contributed by atoms with Gasteiger partial charge in [-0.3, -0.25) is 5.41 Å². The molecular formula is C68H76Cl3N3O12Si. The van der Waals surface area contributed by atoms with Crippen LogP contribution in [-0.4, -0.2) is 106 Å². The van der Waals surface area contributed by atoms with Crippen molar-refractivity contribution in [1.82, 2.24) is 10.6 Å². The molecule has 2 amide bonds. The highest BCUT2D eigenvalue weighted by Crippen LogP contribution is 2.49. The number of carbonyl (C=O) groups is 2. The first-order chi connectivity index (χ1) is 41.7. The standard InChI is InChI=1S/C37H47NO6Si.C31H29Cl3N2O6/c1-23(2)37(4,5)45(6,7)44-35-32(24(3)33-31(42-35)22-40-34(43-33)25-15-9-8-10-16-25)38-36(39)41-21-30-28-19-13-11-17-26(28)27-18-12-14-20-29(27)30;1-17-25(36-30(37)39-15-23-21-13-7-5-11-19(21)20-12-6-8-14-22(20)23)28(42-29(35)31(32,33)34)40-24-16-38-27(41-26(17)24)18-9-3-2-4-10-18/h8-20,23-24,30-35H,21-22H2,1-7H3,(H,38,39);2-14,17,23-28,35H,15-16H2,1H3,(H,36,37)/t24-,31?,32?,33+,34?,35+;17-,24?,25?,26+,27?,28-/m11/s1. The van der Waals surface area contributed by atoms with Gasteiger partial charge in [0.05, 0.1) is 37.5 Å². The maximum atomic E-state index is 13.6. The molecule has 6 unspecified atom stereocenters. The van der Waals surface area contributed by atoms with Crippen molar-refractivity contribution < 1.29 is 56.6 Å². The van der Waals surface area contributed by atoms with Crippen molar-refractivity contribution >= 4 is 61.2 Å². The van der Waals surface area contributed by atoms with Crippen LogP contribution in [0, 0.1) is 23.2 Å². The zero-order valence-electron chi connectivity index (χ0n) is 50.0. The maximum absolute atomic E-state index is 13.6. The molecule has 0 radical (unpaired) electrons. The van der Waals surface area contributed by atoms with Gasteiger partial charge in [-0.25, -0.2) is 9.59 Å². The molecule has 4 saturated heterocycles. The van der Waals surface area contributed by atoms with Crippen LogP contribution in [-0.2, 0) is 47.1 Å². The molecule has 19 heteroatoms. The van der Waals surface area contributed by atoms with Crippen LogP contribution >= 0.6 is 34.8 Å². The van der Waals surface area contributed by atoms with Crippen molar-refractivity contribution in [2.45, 2.75) is 137 Å². The molecular weight excluding hydrogens is 1190 g/mol. The van der Waals surface area contributed by atoms with Gasteiger partial charge in [-0.1, -0.05) is 234 Å². The molecule has 4 fully saturated rings. The van der Waals surface area contributed by atoms with Crippen LogP contribution in [0.3, 0.4) is 0 Å². The zero-order valence-corrected chi connectivity index (χ0v) is 53.3. The Kier molecular flexibility index (Phi) is 19.0. The summed E-state index contributed by atoms with van der Waals surface area (Å²) in [7, 11) is -2.34. The lowest BCUT2D eigenvalue weighted by Gasteiger charge is -2.52. The monoisotopic (exact) mass is 1260 g/mol. The quantitative estimate of drug-likeness (QED) is 0.0433. The number of fused-ring (bicyclic) bond motifs is 8. The number of hydrogen-bond donors (Lipinski definition) is 3. The molecule has 12 atom stereocenters. The van der Waals surface area contributed by atoms with Gasteiger partial charge in [0.25, 0.3) is 3.79 Å². The second kappa shape index (κ2) is 26.3. The van der Waals surface area contributed by atoms with Crippen LogP contribution in [0.15, 0.2) is 158 Å². The number of alkyl halides is 3. The van der Waals surface area contributed by atoms with Crippen molar-refractivity contribution in [2.75, 3.05) is 26.4 Å². The van der Waals surface area contributed by atoms with Gasteiger partial charge in [0.15, 0.2) is 27.2 Å². The van der Waals surface area contributed by atoms with Gasteiger partial charge in [0.2, 0.25) is 12.2 Å². The summed E-state index contributed by atoms with van der Waals surface area (Å²) in [5.41, 5.74) is 11.0. The minimum atomic E-state index is -2.34. The minimum absolute atomic E-state index is 0.0248. The van der Waals surface area contributed by atoms with Crippen molar-refractivity contribution in [1.29, 1.82) is 5.41 Å². The van der Waals surface area contributed by atoms with E-state index in [1.807, 2.05) is 104 Å². The lowest BCUT2D eigenvalue weighted by atomic mass is 9.88. The molecule has 4 heterocycles. The van der Waals surface area contributed by atoms with Crippen LogP contribution in [0.1, 0.15) is 99.3 Å². The highest BCUT2D eigenvalue weighted by Gasteiger charge is 2.54. The first-order valence-corrected chi connectivity index (χ1v) is 33.9. The summed E-state index contributed by atoms with van der Waals surface area (Å²) in [6.07, 6.45) is -5.73. The number of hydrogen-bond acceptors (Lipinski definition) is 13. The van der Waals surface area contributed by atoms with Crippen LogP contribution in [0.5, 0.6) is 0 Å². The minimum Gasteiger partial charge on any atom is -0.449 e. The summed E-state index contributed by atoms with van der Waals surface area (Å²) in [6.45, 7) is 18.4. The molecule has 460 valence electrons. The van der Waals surface area contributed by atoms with Crippen molar-refractivity contribution in [2.24, 2.45) is 17.8 Å². The summed E-state index contributed by atoms with van der Waals surface area (Å²) >= 11 is 17.7. The summed E-state index contributed by atoms with van der Waals surface area (Å²) in [5.74, 6) is -0.841. The summed E-state index contributed by atoms with van der Waals surface area (Å²) in [5, 5.41) is 14.1. The second-order valence-electron chi connectivity index (χ2n) is 24.6. The Morgan fingerprint density at radius 2 is 0.920 bits per heavy atom. The van der Waals surface area contributed by atoms with Gasteiger partial charge in [-0.2, -0.15) is 0 Å². The van der Waals surface area contributed by atoms with Crippen LogP contribution < -0.4 is 10.6 Å². The number of alkyl carbamates (subject to hydrolysis) is 2. The molecule has 6 aromatic rings. The fourth-order valence-electron chi connectivity index (χ4n) is 12.7. The molecule has 15 nitrogen and oxygen atoms in total. The van der Waals surface area contributed by atoms with E-state index in [-0.39, 0.29) is 60.7 Å². The van der Waals surface area contributed by atoms with Gasteiger partial charge in [-0.15, -0.1) is 0 Å². The highest BCUT2D eigenvalue weighted by molar-refractivity contribution is 6.76. The predicted molar refractivity (Wildman–Crippen MR) is 336 cm³/mol. The SMILES string of the molecule is CC(C)C(C)(C)[Si](C)(C)O[C@@H]1OC2COC(c3ccccc3)O[C@H]2[C@H](C)C1NC(=O)OCC1c2ccccc2-c2ccccc21.C[C@@H]1C(NC(=O)OCC2c3ccccc3-c3ccccc32)[C@@H](OC(=N)C(Cl)(Cl)Cl)OC2COC(c3ccccc3)O[C@H]21. The zero-order chi connectivity index (χ0) is 61.4. The Balaban J connectivity index is 0.000000181. The summed E-state index contributed by atoms with van der Waals surface area (Å²) in [6, 6.07) is 51.1. The van der Waals surface area contributed by atoms with Gasteiger partial charge in [0, 0.05) is 34.8 Å². The first kappa shape index (κ1) is 62.7. The lowest BCUT2D eigenvalue weighted by Crippen LogP contribution is -2.65. The third-order valence-electron chi connectivity index (χ3n) is 18.8. The second-order valence-corrected chi connectivity index (χ2v) is 31.4. The Morgan fingerprint density at radius 3 is 1.30 bits per heavy atom. The average Bonchev–Trinajstić information content (AvgIpc) is 2.10. The van der Waals surface area contributed by atoms with Crippen LogP contribution in [0.2, 0.25) is 18.1 Å². The molecule has 3 N–H and O–H groups in total. The molecule has 6 aliphatic rings. The molecule has 0 spiro atoms. The predicted octanol–water partition coefficient (Wildman–Crippen LogP) is 14.8. The maximum Gasteiger partial charge on any atom is 0.407 e. The van der Waals surface area contributed by atoms with Crippen LogP contribution in [0.25, 0.3) is 22.3 Å². The number of carbonyl (C=O) groups excluding carboxylic acids is 2. The van der Waals surface area contributed by atoms with E-state index in [1.165, 1.54) is 22.3 Å².